The summed E-state index contributed by atoms with van der Waals surface area (Å²) < 4.78 is 54.6. The number of nitrogens with zero attached hydrogens (tertiary/aromatic N) is 2. The predicted octanol–water partition coefficient (Wildman–Crippen LogP) is 1.83. The van der Waals surface area contributed by atoms with Crippen LogP contribution in [0.2, 0.25) is 0 Å². The lowest BCUT2D eigenvalue weighted by molar-refractivity contribution is 0.0594. The van der Waals surface area contributed by atoms with Crippen LogP contribution in [0.3, 0.4) is 0 Å². The highest BCUT2D eigenvalue weighted by Gasteiger charge is 2.26. The van der Waals surface area contributed by atoms with Crippen LogP contribution in [0.4, 0.5) is 4.39 Å². The second-order valence-corrected chi connectivity index (χ2v) is 7.19. The number of hydrogen-bond donors (Lipinski definition) is 0. The van der Waals surface area contributed by atoms with Gasteiger partial charge in [0.15, 0.2) is 5.69 Å². The minimum absolute atomic E-state index is 0.0357. The van der Waals surface area contributed by atoms with Crippen molar-refractivity contribution in [1.82, 2.24) is 9.29 Å². The van der Waals surface area contributed by atoms with Gasteiger partial charge in [0.25, 0.3) is 0 Å². The summed E-state index contributed by atoms with van der Waals surface area (Å²) in [6.45, 7) is 0.290. The van der Waals surface area contributed by atoms with E-state index in [1.54, 1.807) is 0 Å². The van der Waals surface area contributed by atoms with E-state index in [-0.39, 0.29) is 29.6 Å². The van der Waals surface area contributed by atoms with E-state index < -0.39 is 21.8 Å². The highest BCUT2D eigenvalue weighted by molar-refractivity contribution is 7.89. The minimum atomic E-state index is -3.92. The van der Waals surface area contributed by atoms with Crippen LogP contribution in [-0.4, -0.2) is 51.0 Å². The van der Waals surface area contributed by atoms with Gasteiger partial charge in [0, 0.05) is 20.3 Å². The maximum atomic E-state index is 13.1. The average molecular weight is 386 g/mol. The van der Waals surface area contributed by atoms with Gasteiger partial charge in [0.2, 0.25) is 15.9 Å². The summed E-state index contributed by atoms with van der Waals surface area (Å²) in [6, 6.07) is 4.51. The highest BCUT2D eigenvalue weighted by atomic mass is 32.2. The fourth-order valence-corrected chi connectivity index (χ4v) is 3.59. The van der Waals surface area contributed by atoms with Crippen LogP contribution in [0.1, 0.15) is 22.8 Å². The van der Waals surface area contributed by atoms with Crippen molar-refractivity contribution in [2.24, 2.45) is 0 Å². The Morgan fingerprint density at radius 2 is 1.96 bits per heavy atom. The summed E-state index contributed by atoms with van der Waals surface area (Å²) in [5.41, 5.74) is -0.0569. The van der Waals surface area contributed by atoms with Crippen LogP contribution < -0.4 is 0 Å². The molecule has 0 aliphatic rings. The smallest absolute Gasteiger partial charge is 0.360 e. The summed E-state index contributed by atoms with van der Waals surface area (Å²) in [5.74, 6) is -1.19. The van der Waals surface area contributed by atoms with E-state index >= 15 is 0 Å². The molecule has 1 aromatic carbocycles. The number of benzene rings is 1. The number of oxazole rings is 1. The highest BCUT2D eigenvalue weighted by Crippen LogP contribution is 2.19. The Bertz CT molecular complexity index is 835. The Kier molecular flexibility index (Phi) is 6.83. The first-order valence-electron chi connectivity index (χ1n) is 7.66. The number of hydrogen-bond acceptors (Lipinski definition) is 7. The molecule has 0 unspecified atom stereocenters. The molecule has 1 heterocycles. The van der Waals surface area contributed by atoms with Crippen molar-refractivity contribution in [2.45, 2.75) is 17.9 Å². The van der Waals surface area contributed by atoms with E-state index in [0.717, 1.165) is 22.7 Å². The zero-order chi connectivity index (χ0) is 19.2. The Morgan fingerprint density at radius 1 is 1.27 bits per heavy atom. The fraction of sp³-hybridized carbons (Fsp3) is 0.375. The van der Waals surface area contributed by atoms with Crippen LogP contribution in [0.25, 0.3) is 0 Å². The molecule has 26 heavy (non-hydrogen) atoms. The van der Waals surface area contributed by atoms with Gasteiger partial charge in [-0.1, -0.05) is 0 Å². The monoisotopic (exact) mass is 386 g/mol. The maximum Gasteiger partial charge on any atom is 0.360 e. The predicted molar refractivity (Wildman–Crippen MR) is 88.3 cm³/mol. The Morgan fingerprint density at radius 3 is 2.58 bits per heavy atom. The topological polar surface area (TPSA) is 98.9 Å². The first-order valence-corrected chi connectivity index (χ1v) is 9.10. The van der Waals surface area contributed by atoms with Crippen molar-refractivity contribution in [3.63, 3.8) is 0 Å². The number of carbonyl (C=O) groups excluding carboxylic acids is 1. The number of methoxy groups -OCH3 is 2. The van der Waals surface area contributed by atoms with E-state index in [4.69, 9.17) is 9.15 Å². The molecule has 0 atom stereocenters. The van der Waals surface area contributed by atoms with Gasteiger partial charge in [0.1, 0.15) is 12.1 Å². The molecule has 0 saturated heterocycles. The van der Waals surface area contributed by atoms with Crippen LogP contribution in [0.5, 0.6) is 0 Å². The van der Waals surface area contributed by atoms with Crippen LogP contribution >= 0.6 is 0 Å². The fourth-order valence-electron chi connectivity index (χ4n) is 2.16. The van der Waals surface area contributed by atoms with E-state index in [9.17, 15) is 17.6 Å². The van der Waals surface area contributed by atoms with Gasteiger partial charge < -0.3 is 13.9 Å². The van der Waals surface area contributed by atoms with Gasteiger partial charge in [-0.3, -0.25) is 0 Å². The van der Waals surface area contributed by atoms with Crippen molar-refractivity contribution >= 4 is 16.0 Å². The van der Waals surface area contributed by atoms with Crippen molar-refractivity contribution in [3.8, 4) is 0 Å². The third kappa shape index (κ3) is 4.87. The molecule has 0 amide bonds. The SMILES string of the molecule is COCCCN(Cc1nc(C(=O)OC)co1)S(=O)(=O)c1ccc(F)cc1. The number of rotatable bonds is 9. The van der Waals surface area contributed by atoms with Gasteiger partial charge >= 0.3 is 5.97 Å². The van der Waals surface area contributed by atoms with Crippen molar-refractivity contribution in [2.75, 3.05) is 27.4 Å². The van der Waals surface area contributed by atoms with Crippen LogP contribution in [0, 0.1) is 5.82 Å². The third-order valence-electron chi connectivity index (χ3n) is 3.47. The first kappa shape index (κ1) is 20.0. The normalized spacial score (nSPS) is 11.7. The number of carbonyl (C=O) groups is 1. The number of ether oxygens (including phenoxy) is 2. The molecule has 10 heteroatoms. The molecule has 0 radical (unpaired) electrons. The van der Waals surface area contributed by atoms with Crippen LogP contribution in [0.15, 0.2) is 39.8 Å². The Hall–Kier alpha value is -2.30. The summed E-state index contributed by atoms with van der Waals surface area (Å²) in [7, 11) is -1.21. The summed E-state index contributed by atoms with van der Waals surface area (Å²) in [4.78, 5) is 15.3. The lowest BCUT2D eigenvalue weighted by Gasteiger charge is -2.20. The molecule has 2 rings (SSSR count). The molecule has 0 fully saturated rings. The summed E-state index contributed by atoms with van der Waals surface area (Å²) in [5, 5.41) is 0. The largest absolute Gasteiger partial charge is 0.464 e. The molecule has 2 aromatic rings. The maximum absolute atomic E-state index is 13.1. The molecule has 8 nitrogen and oxygen atoms in total. The quantitative estimate of drug-likeness (QED) is 0.479. The van der Waals surface area contributed by atoms with Gasteiger partial charge in [-0.25, -0.2) is 22.6 Å². The molecule has 0 aliphatic carbocycles. The summed E-state index contributed by atoms with van der Waals surface area (Å²) >= 11 is 0. The van der Waals surface area contributed by atoms with E-state index in [1.165, 1.54) is 26.4 Å². The Labute approximate surface area is 150 Å². The lowest BCUT2D eigenvalue weighted by Crippen LogP contribution is -2.32. The van der Waals surface area contributed by atoms with E-state index in [0.29, 0.717) is 13.0 Å². The lowest BCUT2D eigenvalue weighted by atomic mass is 10.4. The first-order chi connectivity index (χ1) is 12.4. The second kappa shape index (κ2) is 8.88. The summed E-state index contributed by atoms with van der Waals surface area (Å²) in [6.07, 6.45) is 1.53. The molecule has 0 bridgehead atoms. The molecule has 0 N–H and O–H groups in total. The zero-order valence-electron chi connectivity index (χ0n) is 14.3. The molecular formula is C16H19FN2O6S. The molecular weight excluding hydrogens is 367 g/mol. The molecule has 1 aromatic heterocycles. The second-order valence-electron chi connectivity index (χ2n) is 5.26. The zero-order valence-corrected chi connectivity index (χ0v) is 15.2. The van der Waals surface area contributed by atoms with E-state index in [2.05, 4.69) is 9.72 Å². The van der Waals surface area contributed by atoms with Gasteiger partial charge in [0.05, 0.1) is 18.6 Å². The van der Waals surface area contributed by atoms with E-state index in [1.807, 2.05) is 0 Å². The minimum Gasteiger partial charge on any atom is -0.464 e. The molecule has 0 aliphatic heterocycles. The van der Waals surface area contributed by atoms with Crippen molar-refractivity contribution < 1.29 is 31.5 Å². The molecule has 0 saturated carbocycles. The van der Waals surface area contributed by atoms with Gasteiger partial charge in [-0.2, -0.15) is 4.31 Å². The molecule has 142 valence electrons. The van der Waals surface area contributed by atoms with Gasteiger partial charge in [-0.15, -0.1) is 0 Å². The van der Waals surface area contributed by atoms with Crippen LogP contribution in [-0.2, 0) is 26.0 Å². The standard InChI is InChI=1S/C16H19FN2O6S/c1-23-9-3-8-19(10-15-18-14(11-25-15)16(20)24-2)26(21,22)13-6-4-12(17)5-7-13/h4-7,11H,3,8-10H2,1-2H3. The Balaban J connectivity index is 2.26. The number of halogens is 1. The average Bonchev–Trinajstić information content (AvgIpc) is 3.09. The van der Waals surface area contributed by atoms with Gasteiger partial charge in [-0.05, 0) is 30.7 Å². The van der Waals surface area contributed by atoms with Crippen molar-refractivity contribution in [1.29, 1.82) is 0 Å². The molecule has 0 spiro atoms. The third-order valence-corrected chi connectivity index (χ3v) is 5.32. The number of aromatic nitrogens is 1. The van der Waals surface area contributed by atoms with Crippen molar-refractivity contribution in [3.05, 3.63) is 47.9 Å². The number of sulfonamides is 1. The number of esters is 1.